The quantitative estimate of drug-likeness (QED) is 0.722. The van der Waals surface area contributed by atoms with Gasteiger partial charge in [-0.3, -0.25) is 4.79 Å². The van der Waals surface area contributed by atoms with Crippen LogP contribution in [0.25, 0.3) is 0 Å². The Hall–Kier alpha value is -0.840. The third kappa shape index (κ3) is 4.64. The number of rotatable bonds is 7. The molecule has 0 aliphatic carbocycles. The molecule has 0 amide bonds. The molecule has 1 atom stereocenters. The van der Waals surface area contributed by atoms with Crippen LogP contribution in [0.5, 0.6) is 0 Å². The second-order valence-corrected chi connectivity index (χ2v) is 5.96. The predicted molar refractivity (Wildman–Crippen MR) is 84.2 cm³/mol. The van der Waals surface area contributed by atoms with Crippen LogP contribution >= 0.6 is 15.9 Å². The lowest BCUT2D eigenvalue weighted by atomic mass is 9.98. The van der Waals surface area contributed by atoms with Gasteiger partial charge in [0.1, 0.15) is 0 Å². The lowest BCUT2D eigenvalue weighted by Gasteiger charge is -2.20. The predicted octanol–water partition coefficient (Wildman–Crippen LogP) is 2.76. The Bertz CT molecular complexity index is 445. The van der Waals surface area contributed by atoms with E-state index < -0.39 is 0 Å². The van der Waals surface area contributed by atoms with Gasteiger partial charge in [0, 0.05) is 31.5 Å². The molecule has 4 nitrogen and oxygen atoms in total. The summed E-state index contributed by atoms with van der Waals surface area (Å²) >= 11 is 3.51. The Morgan fingerprint density at radius 2 is 2.16 bits per heavy atom. The molecule has 1 aromatic rings. The fourth-order valence-electron chi connectivity index (χ4n) is 1.89. The lowest BCUT2D eigenvalue weighted by molar-refractivity contribution is 0.348. The maximum atomic E-state index is 12.1. The molecule has 0 N–H and O–H groups in total. The maximum Gasteiger partial charge on any atom is 0.268 e. The third-order valence-corrected chi connectivity index (χ3v) is 4.24. The largest absolute Gasteiger partial charge is 0.373 e. The molecule has 5 heteroatoms. The van der Waals surface area contributed by atoms with E-state index in [1.54, 1.807) is 16.9 Å². The van der Waals surface area contributed by atoms with Crippen LogP contribution in [-0.4, -0.2) is 28.7 Å². The Labute approximate surface area is 123 Å². The van der Waals surface area contributed by atoms with Gasteiger partial charge in [-0.1, -0.05) is 36.7 Å². The monoisotopic (exact) mass is 329 g/mol. The Balaban J connectivity index is 2.85. The van der Waals surface area contributed by atoms with Crippen LogP contribution in [0.4, 0.5) is 5.69 Å². The van der Waals surface area contributed by atoms with Gasteiger partial charge in [-0.25, -0.2) is 4.68 Å². The molecular formula is C14H24BrN3O. The average Bonchev–Trinajstić information content (AvgIpc) is 2.37. The summed E-state index contributed by atoms with van der Waals surface area (Å²) in [5, 5.41) is 5.18. The van der Waals surface area contributed by atoms with Gasteiger partial charge in [0.2, 0.25) is 0 Å². The Morgan fingerprint density at radius 3 is 2.63 bits per heavy atom. The smallest absolute Gasteiger partial charge is 0.268 e. The molecule has 0 spiro atoms. The summed E-state index contributed by atoms with van der Waals surface area (Å²) in [4.78, 5) is 14.1. The highest BCUT2D eigenvalue weighted by Crippen LogP contribution is 2.15. The number of alkyl halides is 1. The van der Waals surface area contributed by atoms with Crippen molar-refractivity contribution in [2.75, 3.05) is 23.8 Å². The molecular weight excluding hydrogens is 306 g/mol. The zero-order valence-electron chi connectivity index (χ0n) is 12.3. The van der Waals surface area contributed by atoms with E-state index in [1.807, 2.05) is 7.05 Å². The molecule has 0 saturated carbocycles. The van der Waals surface area contributed by atoms with Gasteiger partial charge in [0.05, 0.1) is 11.9 Å². The first-order valence-corrected chi connectivity index (χ1v) is 7.96. The molecule has 1 heterocycles. The summed E-state index contributed by atoms with van der Waals surface area (Å²) in [5.74, 6) is 0.944. The molecule has 108 valence electrons. The number of halogens is 1. The first-order chi connectivity index (χ1) is 8.99. The van der Waals surface area contributed by atoms with Gasteiger partial charge in [0.25, 0.3) is 5.56 Å². The van der Waals surface area contributed by atoms with Gasteiger partial charge >= 0.3 is 0 Å². The molecule has 0 radical (unpaired) electrons. The van der Waals surface area contributed by atoms with Crippen molar-refractivity contribution in [2.45, 2.75) is 33.7 Å². The fraction of sp³-hybridized carbons (Fsp3) is 0.714. The first-order valence-electron chi connectivity index (χ1n) is 6.83. The molecule has 1 unspecified atom stereocenters. The van der Waals surface area contributed by atoms with E-state index in [1.165, 1.54) is 0 Å². The van der Waals surface area contributed by atoms with Crippen molar-refractivity contribution in [3.05, 3.63) is 22.6 Å². The highest BCUT2D eigenvalue weighted by molar-refractivity contribution is 9.09. The normalized spacial score (nSPS) is 12.7. The Kier molecular flexibility index (Phi) is 6.55. The van der Waals surface area contributed by atoms with Crippen LogP contribution in [-0.2, 0) is 6.54 Å². The SMILES string of the molecule is CCCN(C)c1cnn(CC(CBr)C(C)C)c(=O)c1. The fourth-order valence-corrected chi connectivity index (χ4v) is 2.85. The number of aromatic nitrogens is 2. The summed E-state index contributed by atoms with van der Waals surface area (Å²) in [6, 6.07) is 1.67. The van der Waals surface area contributed by atoms with Crippen molar-refractivity contribution in [2.24, 2.45) is 11.8 Å². The molecule has 0 aliphatic rings. The van der Waals surface area contributed by atoms with Crippen molar-refractivity contribution in [1.29, 1.82) is 0 Å². The van der Waals surface area contributed by atoms with Crippen LogP contribution < -0.4 is 10.5 Å². The van der Waals surface area contributed by atoms with Crippen LogP contribution in [0.3, 0.4) is 0 Å². The van der Waals surface area contributed by atoms with Gasteiger partial charge in [-0.2, -0.15) is 5.10 Å². The summed E-state index contributed by atoms with van der Waals surface area (Å²) in [7, 11) is 1.99. The molecule has 0 fully saturated rings. The molecule has 1 aromatic heterocycles. The molecule has 1 rings (SSSR count). The standard InChI is InChI=1S/C14H24BrN3O/c1-5-6-17(4)13-7-14(19)18(16-9-13)10-12(8-15)11(2)3/h7,9,11-12H,5-6,8,10H2,1-4H3. The van der Waals surface area contributed by atoms with E-state index in [-0.39, 0.29) is 5.56 Å². The van der Waals surface area contributed by atoms with Gasteiger partial charge in [-0.15, -0.1) is 0 Å². The summed E-state index contributed by atoms with van der Waals surface area (Å²) in [6.07, 6.45) is 2.83. The lowest BCUT2D eigenvalue weighted by Crippen LogP contribution is -2.30. The Morgan fingerprint density at radius 1 is 1.47 bits per heavy atom. The van der Waals surface area contributed by atoms with Crippen LogP contribution in [0.15, 0.2) is 17.1 Å². The van der Waals surface area contributed by atoms with Gasteiger partial charge in [0.15, 0.2) is 0 Å². The molecule has 0 saturated heterocycles. The van der Waals surface area contributed by atoms with Crippen molar-refractivity contribution >= 4 is 21.6 Å². The number of hydrogen-bond donors (Lipinski definition) is 0. The van der Waals surface area contributed by atoms with E-state index in [9.17, 15) is 4.79 Å². The zero-order chi connectivity index (χ0) is 14.4. The van der Waals surface area contributed by atoms with E-state index >= 15 is 0 Å². The highest BCUT2D eigenvalue weighted by Gasteiger charge is 2.14. The summed E-state index contributed by atoms with van der Waals surface area (Å²) in [5.41, 5.74) is 0.870. The third-order valence-electron chi connectivity index (χ3n) is 3.40. The zero-order valence-corrected chi connectivity index (χ0v) is 13.9. The molecule has 0 aliphatic heterocycles. The van der Waals surface area contributed by atoms with Crippen LogP contribution in [0.2, 0.25) is 0 Å². The second kappa shape index (κ2) is 7.68. The maximum absolute atomic E-state index is 12.1. The van der Waals surface area contributed by atoms with E-state index in [0.29, 0.717) is 18.4 Å². The minimum Gasteiger partial charge on any atom is -0.373 e. The molecule has 0 bridgehead atoms. The van der Waals surface area contributed by atoms with Gasteiger partial charge in [-0.05, 0) is 18.3 Å². The minimum atomic E-state index is -0.0212. The number of hydrogen-bond acceptors (Lipinski definition) is 3. The molecule has 0 aromatic carbocycles. The van der Waals surface area contributed by atoms with Crippen LogP contribution in [0, 0.1) is 11.8 Å². The average molecular weight is 330 g/mol. The second-order valence-electron chi connectivity index (χ2n) is 5.31. The topological polar surface area (TPSA) is 38.1 Å². The first kappa shape index (κ1) is 16.2. The van der Waals surface area contributed by atoms with Gasteiger partial charge < -0.3 is 4.90 Å². The van der Waals surface area contributed by atoms with Crippen molar-refractivity contribution in [3.8, 4) is 0 Å². The van der Waals surface area contributed by atoms with Crippen molar-refractivity contribution in [3.63, 3.8) is 0 Å². The van der Waals surface area contributed by atoms with E-state index in [2.05, 4.69) is 46.7 Å². The summed E-state index contributed by atoms with van der Waals surface area (Å²) in [6.45, 7) is 8.05. The number of anilines is 1. The van der Waals surface area contributed by atoms with Crippen molar-refractivity contribution < 1.29 is 0 Å². The van der Waals surface area contributed by atoms with Crippen molar-refractivity contribution in [1.82, 2.24) is 9.78 Å². The minimum absolute atomic E-state index is 0.0212. The summed E-state index contributed by atoms with van der Waals surface area (Å²) < 4.78 is 1.56. The number of nitrogens with zero attached hydrogens (tertiary/aromatic N) is 3. The van der Waals surface area contributed by atoms with Crippen LogP contribution in [0.1, 0.15) is 27.2 Å². The molecule has 19 heavy (non-hydrogen) atoms. The van der Waals surface area contributed by atoms with E-state index in [4.69, 9.17) is 0 Å². The highest BCUT2D eigenvalue weighted by atomic mass is 79.9. The van der Waals surface area contributed by atoms with E-state index in [0.717, 1.165) is 24.0 Å².